The molecule has 1 heterocycles. The Kier molecular flexibility index (Phi) is 3.93. The van der Waals surface area contributed by atoms with Crippen LogP contribution in [0.1, 0.15) is 11.3 Å². The highest BCUT2D eigenvalue weighted by atomic mass is 35.5. The molecule has 3 nitrogen and oxygen atoms in total. The summed E-state index contributed by atoms with van der Waals surface area (Å²) in [5.74, 6) is 0.971. The van der Waals surface area contributed by atoms with Crippen LogP contribution >= 0.6 is 11.6 Å². The van der Waals surface area contributed by atoms with Crippen LogP contribution in [0, 0.1) is 6.92 Å². The van der Waals surface area contributed by atoms with Crippen LogP contribution in [0.25, 0.3) is 5.69 Å². The van der Waals surface area contributed by atoms with Crippen LogP contribution in [0.3, 0.4) is 0 Å². The van der Waals surface area contributed by atoms with Gasteiger partial charge in [-0.25, -0.2) is 4.68 Å². The van der Waals surface area contributed by atoms with Crippen LogP contribution in [-0.4, -0.2) is 9.78 Å². The van der Waals surface area contributed by atoms with Gasteiger partial charge < -0.3 is 5.32 Å². The molecular formula is C17H16ClN3. The lowest BCUT2D eigenvalue weighted by Crippen LogP contribution is -2.06. The highest BCUT2D eigenvalue weighted by molar-refractivity contribution is 6.30. The van der Waals surface area contributed by atoms with E-state index in [2.05, 4.69) is 22.5 Å². The minimum atomic E-state index is 0.724. The van der Waals surface area contributed by atoms with E-state index in [4.69, 9.17) is 11.6 Å². The summed E-state index contributed by atoms with van der Waals surface area (Å²) in [7, 11) is 0. The van der Waals surface area contributed by atoms with Crippen molar-refractivity contribution in [2.24, 2.45) is 0 Å². The number of benzene rings is 2. The average molecular weight is 298 g/mol. The third-order valence-electron chi connectivity index (χ3n) is 3.22. The highest BCUT2D eigenvalue weighted by Gasteiger charge is 2.07. The number of aromatic nitrogens is 2. The Hall–Kier alpha value is -2.26. The summed E-state index contributed by atoms with van der Waals surface area (Å²) in [4.78, 5) is 0. The molecule has 1 N–H and O–H groups in total. The molecule has 0 spiro atoms. The van der Waals surface area contributed by atoms with Gasteiger partial charge in [-0.15, -0.1) is 0 Å². The van der Waals surface area contributed by atoms with Crippen molar-refractivity contribution in [1.82, 2.24) is 9.78 Å². The van der Waals surface area contributed by atoms with Crippen molar-refractivity contribution in [3.63, 3.8) is 0 Å². The monoisotopic (exact) mass is 297 g/mol. The molecule has 3 rings (SSSR count). The van der Waals surface area contributed by atoms with E-state index in [9.17, 15) is 0 Å². The number of nitrogens with one attached hydrogen (secondary N) is 1. The van der Waals surface area contributed by atoms with Crippen molar-refractivity contribution in [3.8, 4) is 5.69 Å². The number of hydrogen-bond acceptors (Lipinski definition) is 2. The second kappa shape index (κ2) is 6.02. The molecule has 106 valence electrons. The Bertz CT molecular complexity index is 718. The van der Waals surface area contributed by atoms with Crippen LogP contribution < -0.4 is 5.32 Å². The molecule has 0 radical (unpaired) electrons. The van der Waals surface area contributed by atoms with Crippen LogP contribution in [0.15, 0.2) is 60.7 Å². The molecule has 0 saturated carbocycles. The van der Waals surface area contributed by atoms with E-state index in [0.29, 0.717) is 0 Å². The molecular weight excluding hydrogens is 282 g/mol. The molecule has 1 aromatic heterocycles. The normalized spacial score (nSPS) is 10.6. The van der Waals surface area contributed by atoms with Crippen molar-refractivity contribution < 1.29 is 0 Å². The van der Waals surface area contributed by atoms with Crippen LogP contribution in [0.2, 0.25) is 5.02 Å². The van der Waals surface area contributed by atoms with Crippen molar-refractivity contribution in [1.29, 1.82) is 0 Å². The molecule has 0 fully saturated rings. The van der Waals surface area contributed by atoms with E-state index < -0.39 is 0 Å². The fourth-order valence-electron chi connectivity index (χ4n) is 2.19. The fraction of sp³-hybridized carbons (Fsp3) is 0.118. The van der Waals surface area contributed by atoms with Gasteiger partial charge >= 0.3 is 0 Å². The Morgan fingerprint density at radius 2 is 1.76 bits per heavy atom. The maximum absolute atomic E-state index is 5.94. The summed E-state index contributed by atoms with van der Waals surface area (Å²) in [6.07, 6.45) is 0. The van der Waals surface area contributed by atoms with E-state index in [-0.39, 0.29) is 0 Å². The predicted molar refractivity (Wildman–Crippen MR) is 87.1 cm³/mol. The summed E-state index contributed by atoms with van der Waals surface area (Å²) in [6.45, 7) is 2.75. The first-order valence-electron chi connectivity index (χ1n) is 6.83. The number of aryl methyl sites for hydroxylation is 1. The van der Waals surface area contributed by atoms with Gasteiger partial charge in [0.25, 0.3) is 0 Å². The lowest BCUT2D eigenvalue weighted by atomic mass is 10.2. The van der Waals surface area contributed by atoms with Crippen LogP contribution in [0.5, 0.6) is 0 Å². The molecule has 3 aromatic rings. The lowest BCUT2D eigenvalue weighted by molar-refractivity contribution is 0.859. The molecule has 21 heavy (non-hydrogen) atoms. The standard InChI is InChI=1S/C17H16ClN3/c1-13-11-17(19-12-14-5-3-2-4-6-14)21(20-13)16-9-7-15(18)8-10-16/h2-11,19H,12H2,1H3. The van der Waals surface area contributed by atoms with Gasteiger partial charge in [-0.1, -0.05) is 41.9 Å². The second-order valence-corrected chi connectivity index (χ2v) is 5.33. The summed E-state index contributed by atoms with van der Waals surface area (Å²) in [5.41, 5.74) is 3.20. The first-order chi connectivity index (χ1) is 10.2. The average Bonchev–Trinajstić information content (AvgIpc) is 2.88. The number of nitrogens with zero attached hydrogens (tertiary/aromatic N) is 2. The fourth-order valence-corrected chi connectivity index (χ4v) is 2.32. The first-order valence-corrected chi connectivity index (χ1v) is 7.20. The Balaban J connectivity index is 1.84. The van der Waals surface area contributed by atoms with E-state index in [1.54, 1.807) is 0 Å². The van der Waals surface area contributed by atoms with Gasteiger partial charge in [-0.3, -0.25) is 0 Å². The molecule has 0 aliphatic heterocycles. The topological polar surface area (TPSA) is 29.9 Å². The van der Waals surface area contributed by atoms with Gasteiger partial charge in [0, 0.05) is 17.6 Å². The smallest absolute Gasteiger partial charge is 0.130 e. The summed E-state index contributed by atoms with van der Waals surface area (Å²) >= 11 is 5.94. The number of rotatable bonds is 4. The number of halogens is 1. The van der Waals surface area contributed by atoms with Crippen LogP contribution in [0.4, 0.5) is 5.82 Å². The molecule has 0 aliphatic carbocycles. The Morgan fingerprint density at radius 1 is 1.05 bits per heavy atom. The molecule has 0 bridgehead atoms. The Morgan fingerprint density at radius 3 is 2.48 bits per heavy atom. The van der Waals surface area contributed by atoms with Gasteiger partial charge in [0.1, 0.15) is 5.82 Å². The van der Waals surface area contributed by atoms with E-state index in [1.165, 1.54) is 5.56 Å². The minimum Gasteiger partial charge on any atom is -0.366 e. The zero-order valence-corrected chi connectivity index (χ0v) is 12.5. The maximum atomic E-state index is 5.94. The highest BCUT2D eigenvalue weighted by Crippen LogP contribution is 2.19. The zero-order chi connectivity index (χ0) is 14.7. The molecule has 0 saturated heterocycles. The van der Waals surface area contributed by atoms with Gasteiger partial charge in [0.2, 0.25) is 0 Å². The largest absolute Gasteiger partial charge is 0.366 e. The van der Waals surface area contributed by atoms with Gasteiger partial charge in [-0.2, -0.15) is 5.10 Å². The molecule has 2 aromatic carbocycles. The molecule has 0 aliphatic rings. The van der Waals surface area contributed by atoms with Crippen molar-refractivity contribution in [2.75, 3.05) is 5.32 Å². The van der Waals surface area contributed by atoms with Gasteiger partial charge in [0.15, 0.2) is 0 Å². The molecule has 0 amide bonds. The summed E-state index contributed by atoms with van der Waals surface area (Å²) < 4.78 is 1.90. The van der Waals surface area contributed by atoms with Gasteiger partial charge in [0.05, 0.1) is 11.4 Å². The summed E-state index contributed by atoms with van der Waals surface area (Å²) in [5, 5.41) is 8.69. The molecule has 0 unspecified atom stereocenters. The third kappa shape index (κ3) is 3.26. The second-order valence-electron chi connectivity index (χ2n) is 4.90. The third-order valence-corrected chi connectivity index (χ3v) is 3.47. The first kappa shape index (κ1) is 13.7. The number of hydrogen-bond donors (Lipinski definition) is 1. The van der Waals surface area contributed by atoms with E-state index >= 15 is 0 Å². The quantitative estimate of drug-likeness (QED) is 0.771. The predicted octanol–water partition coefficient (Wildman–Crippen LogP) is 4.45. The van der Waals surface area contributed by atoms with E-state index in [1.807, 2.05) is 60.1 Å². The van der Waals surface area contributed by atoms with E-state index in [0.717, 1.165) is 28.8 Å². The number of anilines is 1. The zero-order valence-electron chi connectivity index (χ0n) is 11.8. The van der Waals surface area contributed by atoms with Crippen molar-refractivity contribution in [3.05, 3.63) is 76.9 Å². The Labute approximate surface area is 129 Å². The van der Waals surface area contributed by atoms with Crippen molar-refractivity contribution >= 4 is 17.4 Å². The molecule has 0 atom stereocenters. The van der Waals surface area contributed by atoms with Crippen LogP contribution in [-0.2, 0) is 6.54 Å². The lowest BCUT2D eigenvalue weighted by Gasteiger charge is -2.10. The summed E-state index contributed by atoms with van der Waals surface area (Å²) in [6, 6.07) is 20.0. The molecule has 4 heteroatoms. The minimum absolute atomic E-state index is 0.724. The SMILES string of the molecule is Cc1cc(NCc2ccccc2)n(-c2ccc(Cl)cc2)n1. The maximum Gasteiger partial charge on any atom is 0.130 e. The van der Waals surface area contributed by atoms with Crippen molar-refractivity contribution in [2.45, 2.75) is 13.5 Å². The van der Waals surface area contributed by atoms with Gasteiger partial charge in [-0.05, 0) is 36.8 Å².